The average Bonchev–Trinajstić information content (AvgIpc) is 2.86. The summed E-state index contributed by atoms with van der Waals surface area (Å²) in [6, 6.07) is -0.219. The summed E-state index contributed by atoms with van der Waals surface area (Å²) >= 11 is 0. The molecule has 2 aliphatic rings. The van der Waals surface area contributed by atoms with Gasteiger partial charge in [-0.05, 0) is 13.3 Å². The SMILES string of the molecule is CCC(=O)N1CCC(NC(=O)[C@H]2NCCO[C@@H]2C)C1.Cl. The Hall–Kier alpha value is -0.850. The summed E-state index contributed by atoms with van der Waals surface area (Å²) in [5.41, 5.74) is 0. The molecule has 0 radical (unpaired) electrons. The Balaban J connectivity index is 0.00000200. The zero-order valence-electron chi connectivity index (χ0n) is 12.1. The minimum Gasteiger partial charge on any atom is -0.375 e. The molecule has 6 nitrogen and oxygen atoms in total. The number of hydrogen-bond acceptors (Lipinski definition) is 4. The normalized spacial score (nSPS) is 29.7. The zero-order chi connectivity index (χ0) is 13.8. The van der Waals surface area contributed by atoms with E-state index in [2.05, 4.69) is 10.6 Å². The van der Waals surface area contributed by atoms with Crippen molar-refractivity contribution in [1.29, 1.82) is 0 Å². The Labute approximate surface area is 126 Å². The molecule has 2 rings (SSSR count). The molecular formula is C13H24ClN3O3. The van der Waals surface area contributed by atoms with E-state index in [-0.39, 0.29) is 42.4 Å². The number of amides is 2. The Kier molecular flexibility index (Phi) is 6.71. The number of nitrogens with one attached hydrogen (secondary N) is 2. The zero-order valence-corrected chi connectivity index (χ0v) is 12.9. The molecular weight excluding hydrogens is 282 g/mol. The third kappa shape index (κ3) is 4.07. The van der Waals surface area contributed by atoms with Crippen LogP contribution >= 0.6 is 12.4 Å². The lowest BCUT2D eigenvalue weighted by Crippen LogP contribution is -2.57. The number of hydrogen-bond donors (Lipinski definition) is 2. The van der Waals surface area contributed by atoms with Crippen LogP contribution in [0.4, 0.5) is 0 Å². The number of likely N-dealkylation sites (tertiary alicyclic amines) is 1. The molecule has 1 unspecified atom stereocenters. The van der Waals surface area contributed by atoms with Gasteiger partial charge in [-0.3, -0.25) is 9.59 Å². The highest BCUT2D eigenvalue weighted by molar-refractivity contribution is 5.85. The van der Waals surface area contributed by atoms with Crippen LogP contribution in [0.3, 0.4) is 0 Å². The van der Waals surface area contributed by atoms with E-state index in [1.807, 2.05) is 18.7 Å². The predicted molar refractivity (Wildman–Crippen MR) is 77.9 cm³/mol. The molecule has 7 heteroatoms. The first-order valence-corrected chi connectivity index (χ1v) is 7.05. The first-order valence-electron chi connectivity index (χ1n) is 7.05. The van der Waals surface area contributed by atoms with Crippen LogP contribution in [0.25, 0.3) is 0 Å². The Morgan fingerprint density at radius 3 is 2.85 bits per heavy atom. The van der Waals surface area contributed by atoms with Crippen molar-refractivity contribution in [3.63, 3.8) is 0 Å². The van der Waals surface area contributed by atoms with Crippen LogP contribution < -0.4 is 10.6 Å². The summed E-state index contributed by atoms with van der Waals surface area (Å²) in [6.45, 7) is 6.47. The highest BCUT2D eigenvalue weighted by Gasteiger charge is 2.32. The van der Waals surface area contributed by atoms with Gasteiger partial charge in [0.2, 0.25) is 11.8 Å². The molecule has 2 aliphatic heterocycles. The van der Waals surface area contributed by atoms with Gasteiger partial charge in [-0.25, -0.2) is 0 Å². The van der Waals surface area contributed by atoms with Gasteiger partial charge < -0.3 is 20.3 Å². The lowest BCUT2D eigenvalue weighted by atomic mass is 10.1. The molecule has 116 valence electrons. The van der Waals surface area contributed by atoms with Gasteiger partial charge in [0.25, 0.3) is 0 Å². The van der Waals surface area contributed by atoms with E-state index < -0.39 is 0 Å². The molecule has 0 saturated carbocycles. The summed E-state index contributed by atoms with van der Waals surface area (Å²) < 4.78 is 5.46. The summed E-state index contributed by atoms with van der Waals surface area (Å²) in [6.07, 6.45) is 1.25. The van der Waals surface area contributed by atoms with E-state index in [1.165, 1.54) is 0 Å². The fourth-order valence-corrected chi connectivity index (χ4v) is 2.65. The summed E-state index contributed by atoms with van der Waals surface area (Å²) in [5, 5.41) is 6.18. The first kappa shape index (κ1) is 17.2. The van der Waals surface area contributed by atoms with Gasteiger partial charge in [0.15, 0.2) is 0 Å². The van der Waals surface area contributed by atoms with Crippen molar-refractivity contribution in [3.8, 4) is 0 Å². The van der Waals surface area contributed by atoms with E-state index in [0.29, 0.717) is 26.1 Å². The quantitative estimate of drug-likeness (QED) is 0.765. The predicted octanol–water partition coefficient (Wildman–Crippen LogP) is -0.0878. The van der Waals surface area contributed by atoms with Gasteiger partial charge in [-0.15, -0.1) is 12.4 Å². The smallest absolute Gasteiger partial charge is 0.240 e. The van der Waals surface area contributed by atoms with Crippen molar-refractivity contribution in [2.24, 2.45) is 0 Å². The summed E-state index contributed by atoms with van der Waals surface area (Å²) in [7, 11) is 0. The molecule has 0 aromatic heterocycles. The van der Waals surface area contributed by atoms with Gasteiger partial charge in [-0.2, -0.15) is 0 Å². The fourth-order valence-electron chi connectivity index (χ4n) is 2.65. The minimum absolute atomic E-state index is 0. The lowest BCUT2D eigenvalue weighted by Gasteiger charge is -2.30. The van der Waals surface area contributed by atoms with Gasteiger partial charge in [0, 0.05) is 32.1 Å². The van der Waals surface area contributed by atoms with Crippen molar-refractivity contribution < 1.29 is 14.3 Å². The first-order chi connectivity index (χ1) is 9.11. The molecule has 2 fully saturated rings. The van der Waals surface area contributed by atoms with Gasteiger partial charge in [0.05, 0.1) is 12.7 Å². The standard InChI is InChI=1S/C13H23N3O3.ClH/c1-3-11(17)16-6-4-10(8-16)15-13(18)12-9(2)19-7-5-14-12;/h9-10,12,14H,3-8H2,1-2H3,(H,15,18);1H/t9-,10?,12+;/m1./s1. The Bertz CT molecular complexity index is 354. The second-order valence-electron chi connectivity index (χ2n) is 5.20. The van der Waals surface area contributed by atoms with Crippen LogP contribution in [0.1, 0.15) is 26.7 Å². The summed E-state index contributed by atoms with van der Waals surface area (Å²) in [4.78, 5) is 25.6. The van der Waals surface area contributed by atoms with E-state index in [4.69, 9.17) is 4.74 Å². The highest BCUT2D eigenvalue weighted by Crippen LogP contribution is 2.12. The molecule has 2 amide bonds. The maximum absolute atomic E-state index is 12.2. The number of ether oxygens (including phenoxy) is 1. The minimum atomic E-state index is -0.287. The number of halogens is 1. The Morgan fingerprint density at radius 1 is 1.45 bits per heavy atom. The average molecular weight is 306 g/mol. The number of carbonyl (C=O) groups excluding carboxylic acids is 2. The van der Waals surface area contributed by atoms with Crippen molar-refractivity contribution in [3.05, 3.63) is 0 Å². The second-order valence-corrected chi connectivity index (χ2v) is 5.20. The number of rotatable bonds is 3. The lowest BCUT2D eigenvalue weighted by molar-refractivity contribution is -0.131. The van der Waals surface area contributed by atoms with Crippen LogP contribution in [-0.4, -0.2) is 61.1 Å². The van der Waals surface area contributed by atoms with Crippen LogP contribution in [0.2, 0.25) is 0 Å². The van der Waals surface area contributed by atoms with Crippen molar-refractivity contribution >= 4 is 24.2 Å². The van der Waals surface area contributed by atoms with E-state index >= 15 is 0 Å². The molecule has 0 aromatic carbocycles. The van der Waals surface area contributed by atoms with E-state index in [0.717, 1.165) is 13.0 Å². The third-order valence-electron chi connectivity index (χ3n) is 3.79. The van der Waals surface area contributed by atoms with Gasteiger partial charge in [0.1, 0.15) is 6.04 Å². The molecule has 3 atom stereocenters. The van der Waals surface area contributed by atoms with Crippen LogP contribution in [0, 0.1) is 0 Å². The van der Waals surface area contributed by atoms with Crippen molar-refractivity contribution in [2.75, 3.05) is 26.2 Å². The molecule has 20 heavy (non-hydrogen) atoms. The van der Waals surface area contributed by atoms with Gasteiger partial charge >= 0.3 is 0 Å². The molecule has 0 aromatic rings. The number of morpholine rings is 1. The highest BCUT2D eigenvalue weighted by atomic mass is 35.5. The molecule has 0 aliphatic carbocycles. The largest absolute Gasteiger partial charge is 0.375 e. The number of carbonyl (C=O) groups is 2. The fraction of sp³-hybridized carbons (Fsp3) is 0.846. The third-order valence-corrected chi connectivity index (χ3v) is 3.79. The maximum atomic E-state index is 12.2. The molecule has 2 N–H and O–H groups in total. The second kappa shape index (κ2) is 7.81. The molecule has 0 spiro atoms. The topological polar surface area (TPSA) is 70.7 Å². The van der Waals surface area contributed by atoms with Gasteiger partial charge in [-0.1, -0.05) is 6.92 Å². The monoisotopic (exact) mass is 305 g/mol. The molecule has 0 bridgehead atoms. The molecule has 2 heterocycles. The maximum Gasteiger partial charge on any atom is 0.240 e. The van der Waals surface area contributed by atoms with Crippen molar-refractivity contribution in [1.82, 2.24) is 15.5 Å². The van der Waals surface area contributed by atoms with Crippen molar-refractivity contribution in [2.45, 2.75) is 44.9 Å². The van der Waals surface area contributed by atoms with E-state index in [9.17, 15) is 9.59 Å². The number of nitrogens with zero attached hydrogens (tertiary/aromatic N) is 1. The van der Waals surface area contributed by atoms with Crippen LogP contribution in [0.15, 0.2) is 0 Å². The molecule has 2 saturated heterocycles. The summed E-state index contributed by atoms with van der Waals surface area (Å²) in [5.74, 6) is 0.132. The van der Waals surface area contributed by atoms with E-state index in [1.54, 1.807) is 0 Å². The van der Waals surface area contributed by atoms with Crippen LogP contribution in [-0.2, 0) is 14.3 Å². The van der Waals surface area contributed by atoms with Crippen LogP contribution in [0.5, 0.6) is 0 Å². The Morgan fingerprint density at radius 2 is 2.20 bits per heavy atom.